The summed E-state index contributed by atoms with van der Waals surface area (Å²) in [6.45, 7) is 0.923. The smallest absolute Gasteiger partial charge is 0.254 e. The number of carbonyl (C=O) groups is 3. The molecule has 10 heteroatoms. The number of nitrogens with one attached hydrogen (secondary N) is 2. The molecule has 1 aliphatic heterocycles. The Balaban J connectivity index is 1.34. The van der Waals surface area contributed by atoms with E-state index in [1.807, 2.05) is 18.3 Å². The van der Waals surface area contributed by atoms with Gasteiger partial charge in [-0.25, -0.2) is 9.07 Å². The number of amides is 3. The van der Waals surface area contributed by atoms with Crippen LogP contribution in [0.5, 0.6) is 0 Å². The maximum absolute atomic E-state index is 13.7. The molecule has 2 aliphatic carbocycles. The standard InChI is InChI=1S/C31H31FN6O3/c32-22-9-11-23(12-10-22)38-17-26(20-5-7-21(8-6-20)30(41)37-16-15-34-27(39)18-37)28(36-38)24-3-1-2-4-25(24)29(40)35-31(19-33)13-14-31/h5-12,17,24-25H,1-4,13-16,18H2,(H,34,39)(H,35,40). The van der Waals surface area contributed by atoms with E-state index in [0.29, 0.717) is 43.6 Å². The lowest BCUT2D eigenvalue weighted by atomic mass is 9.75. The van der Waals surface area contributed by atoms with Gasteiger partial charge in [-0.3, -0.25) is 14.4 Å². The van der Waals surface area contributed by atoms with E-state index >= 15 is 0 Å². The lowest BCUT2D eigenvalue weighted by Gasteiger charge is -2.31. The Bertz CT molecular complexity index is 1520. The average molecular weight is 555 g/mol. The molecule has 6 rings (SSSR count). The minimum Gasteiger partial charge on any atom is -0.353 e. The van der Waals surface area contributed by atoms with Gasteiger partial charge in [0.2, 0.25) is 11.8 Å². The van der Waals surface area contributed by atoms with Gasteiger partial charge in [0, 0.05) is 42.2 Å². The third-order valence-corrected chi connectivity index (χ3v) is 8.38. The number of piperazine rings is 1. The quantitative estimate of drug-likeness (QED) is 0.482. The van der Waals surface area contributed by atoms with Gasteiger partial charge < -0.3 is 15.5 Å². The van der Waals surface area contributed by atoms with Gasteiger partial charge in [-0.15, -0.1) is 0 Å². The fourth-order valence-electron chi connectivity index (χ4n) is 5.89. The number of hydrogen-bond acceptors (Lipinski definition) is 5. The molecule has 2 atom stereocenters. The van der Waals surface area contributed by atoms with E-state index in [1.165, 1.54) is 17.0 Å². The second kappa shape index (κ2) is 10.8. The molecule has 3 fully saturated rings. The van der Waals surface area contributed by atoms with Crippen LogP contribution in [0, 0.1) is 23.1 Å². The number of hydrogen-bond donors (Lipinski definition) is 2. The predicted molar refractivity (Wildman–Crippen MR) is 148 cm³/mol. The summed E-state index contributed by atoms with van der Waals surface area (Å²) in [4.78, 5) is 39.8. The van der Waals surface area contributed by atoms with Crippen molar-refractivity contribution < 1.29 is 18.8 Å². The molecule has 41 heavy (non-hydrogen) atoms. The summed E-state index contributed by atoms with van der Waals surface area (Å²) < 4.78 is 15.4. The average Bonchev–Trinajstić information content (AvgIpc) is 3.63. The van der Waals surface area contributed by atoms with E-state index in [-0.39, 0.29) is 41.9 Å². The fraction of sp³-hybridized carbons (Fsp3) is 0.387. The monoisotopic (exact) mass is 554 g/mol. The largest absolute Gasteiger partial charge is 0.353 e. The zero-order chi connectivity index (χ0) is 28.6. The highest BCUT2D eigenvalue weighted by Crippen LogP contribution is 2.43. The van der Waals surface area contributed by atoms with Gasteiger partial charge in [0.25, 0.3) is 5.91 Å². The van der Waals surface area contributed by atoms with Crippen molar-refractivity contribution >= 4 is 17.7 Å². The second-order valence-electron chi connectivity index (χ2n) is 11.2. The van der Waals surface area contributed by atoms with Gasteiger partial charge in [0.1, 0.15) is 11.4 Å². The van der Waals surface area contributed by atoms with Crippen LogP contribution in [-0.4, -0.2) is 57.6 Å². The van der Waals surface area contributed by atoms with Gasteiger partial charge in [0.05, 0.1) is 24.0 Å². The first kappa shape index (κ1) is 26.7. The maximum atomic E-state index is 13.7. The Labute approximate surface area is 237 Å². The highest BCUT2D eigenvalue weighted by atomic mass is 19.1. The van der Waals surface area contributed by atoms with E-state index < -0.39 is 5.54 Å². The predicted octanol–water partition coefficient (Wildman–Crippen LogP) is 3.70. The zero-order valence-electron chi connectivity index (χ0n) is 22.6. The van der Waals surface area contributed by atoms with Crippen LogP contribution < -0.4 is 10.6 Å². The molecule has 9 nitrogen and oxygen atoms in total. The number of nitrogens with zero attached hydrogens (tertiary/aromatic N) is 4. The molecule has 2 saturated carbocycles. The second-order valence-corrected chi connectivity index (χ2v) is 11.2. The van der Waals surface area contributed by atoms with Crippen LogP contribution in [0.4, 0.5) is 4.39 Å². The summed E-state index contributed by atoms with van der Waals surface area (Å²) in [6, 6.07) is 15.5. The van der Waals surface area contributed by atoms with Crippen molar-refractivity contribution in [3.63, 3.8) is 0 Å². The zero-order valence-corrected chi connectivity index (χ0v) is 22.6. The topological polar surface area (TPSA) is 120 Å². The molecule has 3 amide bonds. The lowest BCUT2D eigenvalue weighted by molar-refractivity contribution is -0.127. The number of nitriles is 1. The molecular weight excluding hydrogens is 523 g/mol. The highest BCUT2D eigenvalue weighted by Gasteiger charge is 2.47. The van der Waals surface area contributed by atoms with Gasteiger partial charge >= 0.3 is 0 Å². The first-order valence-electron chi connectivity index (χ1n) is 14.1. The van der Waals surface area contributed by atoms with Crippen LogP contribution >= 0.6 is 0 Å². The molecule has 210 valence electrons. The van der Waals surface area contributed by atoms with E-state index in [9.17, 15) is 24.0 Å². The van der Waals surface area contributed by atoms with Crippen molar-refractivity contribution in [2.45, 2.75) is 50.0 Å². The molecule has 2 heterocycles. The molecule has 2 N–H and O–H groups in total. The van der Waals surface area contributed by atoms with Crippen LogP contribution in [0.25, 0.3) is 16.8 Å². The Hall–Kier alpha value is -4.52. The van der Waals surface area contributed by atoms with E-state index in [2.05, 4.69) is 16.7 Å². The molecule has 3 aromatic rings. The number of carbonyl (C=O) groups excluding carboxylic acids is 3. The number of halogens is 1. The van der Waals surface area contributed by atoms with E-state index in [1.54, 1.807) is 28.9 Å². The SMILES string of the molecule is N#CC1(NC(=O)C2CCCCC2c2nn(-c3ccc(F)cc3)cc2-c2ccc(C(=O)N3CCNC(=O)C3)cc2)CC1. The molecule has 2 aromatic carbocycles. The number of aromatic nitrogens is 2. The van der Waals surface area contributed by atoms with Gasteiger partial charge in [-0.2, -0.15) is 10.4 Å². The highest BCUT2D eigenvalue weighted by molar-refractivity contribution is 5.97. The molecule has 2 unspecified atom stereocenters. The van der Waals surface area contributed by atoms with Crippen molar-refractivity contribution in [2.24, 2.45) is 5.92 Å². The summed E-state index contributed by atoms with van der Waals surface area (Å²) in [5.74, 6) is -1.32. The number of rotatable bonds is 6. The van der Waals surface area contributed by atoms with E-state index in [0.717, 1.165) is 36.1 Å². The Morgan fingerprint density at radius 2 is 1.80 bits per heavy atom. The summed E-state index contributed by atoms with van der Waals surface area (Å²) >= 11 is 0. The van der Waals surface area contributed by atoms with Crippen molar-refractivity contribution in [3.8, 4) is 22.9 Å². The van der Waals surface area contributed by atoms with Crippen molar-refractivity contribution in [3.05, 3.63) is 71.8 Å². The Morgan fingerprint density at radius 3 is 2.49 bits per heavy atom. The molecule has 3 aliphatic rings. The van der Waals surface area contributed by atoms with Crippen molar-refractivity contribution in [1.82, 2.24) is 25.3 Å². The van der Waals surface area contributed by atoms with Crippen LogP contribution in [0.15, 0.2) is 54.7 Å². The minimum absolute atomic E-state index is 0.0351. The molecule has 1 saturated heterocycles. The summed E-state index contributed by atoms with van der Waals surface area (Å²) in [6.07, 6.45) is 6.59. The third kappa shape index (κ3) is 5.44. The molecule has 0 bridgehead atoms. The summed E-state index contributed by atoms with van der Waals surface area (Å²) in [5, 5.41) is 20.2. The van der Waals surface area contributed by atoms with E-state index in [4.69, 9.17) is 5.10 Å². The van der Waals surface area contributed by atoms with Crippen molar-refractivity contribution in [2.75, 3.05) is 19.6 Å². The van der Waals surface area contributed by atoms with Crippen LogP contribution in [0.2, 0.25) is 0 Å². The third-order valence-electron chi connectivity index (χ3n) is 8.38. The fourth-order valence-corrected chi connectivity index (χ4v) is 5.89. The van der Waals surface area contributed by atoms with Gasteiger partial charge in [-0.05, 0) is 67.6 Å². The normalized spacial score (nSPS) is 21.5. The molecular formula is C31H31FN6O3. The van der Waals surface area contributed by atoms with Gasteiger partial charge in [-0.1, -0.05) is 25.0 Å². The van der Waals surface area contributed by atoms with Crippen molar-refractivity contribution in [1.29, 1.82) is 5.26 Å². The Kier molecular flexibility index (Phi) is 7.03. The van der Waals surface area contributed by atoms with Gasteiger partial charge in [0.15, 0.2) is 0 Å². The minimum atomic E-state index is -0.743. The molecule has 1 aromatic heterocycles. The first-order valence-corrected chi connectivity index (χ1v) is 14.1. The van der Waals surface area contributed by atoms with Crippen LogP contribution in [0.1, 0.15) is 60.5 Å². The summed E-state index contributed by atoms with van der Waals surface area (Å²) in [7, 11) is 0. The maximum Gasteiger partial charge on any atom is 0.254 e. The number of benzene rings is 2. The molecule has 0 spiro atoms. The lowest BCUT2D eigenvalue weighted by Crippen LogP contribution is -2.49. The summed E-state index contributed by atoms with van der Waals surface area (Å²) in [5.41, 5.74) is 2.86. The Morgan fingerprint density at radius 1 is 1.07 bits per heavy atom. The molecule has 0 radical (unpaired) electrons. The van der Waals surface area contributed by atoms with Crippen LogP contribution in [0.3, 0.4) is 0 Å². The van der Waals surface area contributed by atoms with Crippen LogP contribution in [-0.2, 0) is 9.59 Å². The first-order chi connectivity index (χ1) is 19.9.